The number of rotatable bonds is 2. The highest BCUT2D eigenvalue weighted by atomic mass is 16.3. The van der Waals surface area contributed by atoms with E-state index in [1.54, 1.807) is 12.2 Å². The number of aliphatic hydroxyl groups excluding tert-OH is 2. The van der Waals surface area contributed by atoms with Gasteiger partial charge in [0.2, 0.25) is 0 Å². The molecule has 0 saturated heterocycles. The van der Waals surface area contributed by atoms with E-state index in [0.29, 0.717) is 12.8 Å². The van der Waals surface area contributed by atoms with Crippen LogP contribution in [0.25, 0.3) is 0 Å². The van der Waals surface area contributed by atoms with E-state index in [1.807, 2.05) is 0 Å². The quantitative estimate of drug-likeness (QED) is 0.625. The van der Waals surface area contributed by atoms with Crippen LogP contribution in [0.15, 0.2) is 12.2 Å². The monoisotopic (exact) mass is 190 g/mol. The molecule has 1 aliphatic rings. The lowest BCUT2D eigenvalue weighted by molar-refractivity contribution is 0.125. The largest absolute Gasteiger partial charge is 0.396 e. The van der Waals surface area contributed by atoms with Crippen LogP contribution in [0.5, 0.6) is 0 Å². The van der Waals surface area contributed by atoms with Crippen molar-refractivity contribution in [2.45, 2.75) is 12.8 Å². The van der Waals surface area contributed by atoms with Gasteiger partial charge >= 0.3 is 0 Å². The Bertz CT molecular complexity index is 277. The van der Waals surface area contributed by atoms with E-state index in [4.69, 9.17) is 10.2 Å². The van der Waals surface area contributed by atoms with Crippen LogP contribution < -0.4 is 0 Å². The number of allylic oxidation sites excluding steroid dienone is 2. The second-order valence-corrected chi connectivity index (χ2v) is 3.27. The first-order valence-corrected chi connectivity index (χ1v) is 4.72. The molecule has 0 heterocycles. The van der Waals surface area contributed by atoms with E-state index in [2.05, 4.69) is 23.7 Å². The summed E-state index contributed by atoms with van der Waals surface area (Å²) < 4.78 is 0. The maximum atomic E-state index is 9.13. The summed E-state index contributed by atoms with van der Waals surface area (Å²) in [4.78, 5) is 0. The van der Waals surface area contributed by atoms with E-state index in [9.17, 15) is 0 Å². The first-order valence-electron chi connectivity index (χ1n) is 4.72. The minimum absolute atomic E-state index is 0.0355. The van der Waals surface area contributed by atoms with Gasteiger partial charge in [0.15, 0.2) is 0 Å². The van der Waals surface area contributed by atoms with Gasteiger partial charge in [0.1, 0.15) is 0 Å². The average molecular weight is 190 g/mol. The molecule has 2 nitrogen and oxygen atoms in total. The van der Waals surface area contributed by atoms with Crippen molar-refractivity contribution in [2.75, 3.05) is 13.2 Å². The van der Waals surface area contributed by atoms with Crippen LogP contribution in [0.2, 0.25) is 0 Å². The normalized spacial score (nSPS) is 25.6. The summed E-state index contributed by atoms with van der Waals surface area (Å²) in [5.41, 5.74) is 0. The third-order valence-electron chi connectivity index (χ3n) is 2.32. The maximum absolute atomic E-state index is 9.13. The Morgan fingerprint density at radius 3 is 1.71 bits per heavy atom. The van der Waals surface area contributed by atoms with Crippen molar-refractivity contribution in [2.24, 2.45) is 11.8 Å². The van der Waals surface area contributed by atoms with Crippen molar-refractivity contribution in [3.63, 3.8) is 0 Å². The van der Waals surface area contributed by atoms with Gasteiger partial charge in [-0.05, 0) is 24.0 Å². The van der Waals surface area contributed by atoms with Crippen LogP contribution in [-0.4, -0.2) is 23.4 Å². The van der Waals surface area contributed by atoms with Crippen LogP contribution in [0, 0.1) is 35.5 Å². The van der Waals surface area contributed by atoms with E-state index >= 15 is 0 Å². The summed E-state index contributed by atoms with van der Waals surface area (Å²) in [5, 5.41) is 18.3. The lowest BCUT2D eigenvalue weighted by Gasteiger charge is -2.19. The van der Waals surface area contributed by atoms with Gasteiger partial charge in [-0.2, -0.15) is 0 Å². The summed E-state index contributed by atoms with van der Waals surface area (Å²) in [5.74, 6) is 11.6. The second kappa shape index (κ2) is 6.27. The topological polar surface area (TPSA) is 40.5 Å². The smallest absolute Gasteiger partial charge is 0.0472 e. The molecule has 74 valence electrons. The van der Waals surface area contributed by atoms with Gasteiger partial charge in [0.25, 0.3) is 0 Å². The molecule has 2 heteroatoms. The fourth-order valence-corrected chi connectivity index (χ4v) is 1.34. The summed E-state index contributed by atoms with van der Waals surface area (Å²) in [6.45, 7) is 0.122. The van der Waals surface area contributed by atoms with Gasteiger partial charge in [-0.3, -0.25) is 0 Å². The number of hydrogen-bond acceptors (Lipinski definition) is 2. The van der Waals surface area contributed by atoms with Crippen LogP contribution in [0.4, 0.5) is 0 Å². The molecule has 0 saturated carbocycles. The molecule has 0 aromatic heterocycles. The first kappa shape index (κ1) is 10.9. The number of hydrogen-bond donors (Lipinski definition) is 2. The van der Waals surface area contributed by atoms with Crippen molar-refractivity contribution in [1.82, 2.24) is 0 Å². The Balaban J connectivity index is 2.74. The molecule has 0 spiro atoms. The predicted molar refractivity (Wildman–Crippen MR) is 55.1 cm³/mol. The molecule has 0 fully saturated rings. The van der Waals surface area contributed by atoms with Gasteiger partial charge in [0, 0.05) is 26.1 Å². The summed E-state index contributed by atoms with van der Waals surface area (Å²) in [7, 11) is 0. The van der Waals surface area contributed by atoms with Crippen LogP contribution in [-0.2, 0) is 0 Å². The Labute approximate surface area is 84.6 Å². The van der Waals surface area contributed by atoms with Crippen LogP contribution >= 0.6 is 0 Å². The highest BCUT2D eigenvalue weighted by Crippen LogP contribution is 2.18. The van der Waals surface area contributed by atoms with E-state index in [-0.39, 0.29) is 25.0 Å². The molecule has 0 unspecified atom stereocenters. The Hall–Kier alpha value is -1.22. The molecule has 1 aliphatic carbocycles. The molecule has 0 aromatic carbocycles. The van der Waals surface area contributed by atoms with Crippen LogP contribution in [0.1, 0.15) is 12.8 Å². The van der Waals surface area contributed by atoms with Gasteiger partial charge in [0.05, 0.1) is 0 Å². The molecule has 0 aromatic rings. The highest BCUT2D eigenvalue weighted by Gasteiger charge is 2.18. The van der Waals surface area contributed by atoms with Crippen molar-refractivity contribution >= 4 is 0 Å². The standard InChI is InChI=1S/C12H14O2/c13-9-11-7-5-3-1-2-4-6-8-12(11)10-14/h1-2,11-14H,7-10H2/t11-,12+. The zero-order chi connectivity index (χ0) is 10.2. The van der Waals surface area contributed by atoms with E-state index in [1.165, 1.54) is 0 Å². The minimum atomic E-state index is 0.0355. The molecule has 0 amide bonds. The molecule has 2 N–H and O–H groups in total. The highest BCUT2D eigenvalue weighted by molar-refractivity contribution is 5.25. The zero-order valence-corrected chi connectivity index (χ0v) is 8.03. The third-order valence-corrected chi connectivity index (χ3v) is 2.32. The molecular weight excluding hydrogens is 176 g/mol. The van der Waals surface area contributed by atoms with Gasteiger partial charge in [-0.15, -0.1) is 0 Å². The van der Waals surface area contributed by atoms with Gasteiger partial charge < -0.3 is 10.2 Å². The summed E-state index contributed by atoms with van der Waals surface area (Å²) in [6, 6.07) is 0. The van der Waals surface area contributed by atoms with E-state index in [0.717, 1.165) is 0 Å². The summed E-state index contributed by atoms with van der Waals surface area (Å²) in [6.07, 6.45) is 4.66. The molecule has 2 atom stereocenters. The molecule has 0 aliphatic heterocycles. The molecule has 1 rings (SSSR count). The van der Waals surface area contributed by atoms with Crippen molar-refractivity contribution in [3.8, 4) is 23.7 Å². The Morgan fingerprint density at radius 1 is 0.929 bits per heavy atom. The van der Waals surface area contributed by atoms with E-state index < -0.39 is 0 Å². The van der Waals surface area contributed by atoms with Crippen molar-refractivity contribution in [1.29, 1.82) is 0 Å². The predicted octanol–water partition coefficient (Wildman–Crippen LogP) is 0.560. The molecular formula is C12H14O2. The second-order valence-electron chi connectivity index (χ2n) is 3.27. The SMILES string of the molecule is OC[C@@H]1CC#CC=CC#CC[C@@H]1CO. The minimum Gasteiger partial charge on any atom is -0.396 e. The fraction of sp³-hybridized carbons (Fsp3) is 0.500. The molecule has 0 bridgehead atoms. The van der Waals surface area contributed by atoms with Crippen molar-refractivity contribution < 1.29 is 10.2 Å². The number of aliphatic hydroxyl groups is 2. The molecule has 0 radical (unpaired) electrons. The summed E-state index contributed by atoms with van der Waals surface area (Å²) >= 11 is 0. The zero-order valence-electron chi connectivity index (χ0n) is 8.03. The Kier molecular flexibility index (Phi) is 4.86. The molecule has 14 heavy (non-hydrogen) atoms. The lowest BCUT2D eigenvalue weighted by Crippen LogP contribution is -2.21. The Morgan fingerprint density at radius 2 is 1.36 bits per heavy atom. The first-order chi connectivity index (χ1) is 6.88. The van der Waals surface area contributed by atoms with Gasteiger partial charge in [-0.1, -0.05) is 23.7 Å². The fourth-order valence-electron chi connectivity index (χ4n) is 1.34. The van der Waals surface area contributed by atoms with Crippen LogP contribution in [0.3, 0.4) is 0 Å². The maximum Gasteiger partial charge on any atom is 0.0472 e. The van der Waals surface area contributed by atoms with Gasteiger partial charge in [-0.25, -0.2) is 0 Å². The lowest BCUT2D eigenvalue weighted by atomic mass is 9.88. The third kappa shape index (κ3) is 3.26. The average Bonchev–Trinajstić information content (AvgIpc) is 2.24. The van der Waals surface area contributed by atoms with Crippen molar-refractivity contribution in [3.05, 3.63) is 12.2 Å².